The van der Waals surface area contributed by atoms with Crippen LogP contribution in [0.3, 0.4) is 0 Å². The molecular formula is C14H20N4. The molecule has 0 amide bonds. The topological polar surface area (TPSA) is 42.7 Å². The van der Waals surface area contributed by atoms with Gasteiger partial charge >= 0.3 is 0 Å². The zero-order valence-corrected chi connectivity index (χ0v) is 11.3. The number of rotatable bonds is 5. The van der Waals surface area contributed by atoms with Gasteiger partial charge in [-0.3, -0.25) is 9.67 Å². The van der Waals surface area contributed by atoms with Crippen molar-refractivity contribution in [3.05, 3.63) is 47.0 Å². The van der Waals surface area contributed by atoms with E-state index in [1.54, 1.807) is 0 Å². The number of hydrogen-bond donors (Lipinski definition) is 1. The van der Waals surface area contributed by atoms with Gasteiger partial charge in [0.2, 0.25) is 0 Å². The van der Waals surface area contributed by atoms with Crippen LogP contribution in [0, 0.1) is 13.8 Å². The highest BCUT2D eigenvalue weighted by atomic mass is 15.3. The van der Waals surface area contributed by atoms with Crippen molar-refractivity contribution in [3.63, 3.8) is 0 Å². The SMILES string of the molecule is CNCc1c(C)nn(CCc2ccncc2)c1C. The van der Waals surface area contributed by atoms with Crippen molar-refractivity contribution in [2.24, 2.45) is 0 Å². The van der Waals surface area contributed by atoms with Crippen LogP contribution < -0.4 is 5.32 Å². The molecule has 0 fully saturated rings. The van der Waals surface area contributed by atoms with Crippen LogP contribution in [0.25, 0.3) is 0 Å². The molecule has 0 aliphatic carbocycles. The van der Waals surface area contributed by atoms with Gasteiger partial charge in [0, 0.05) is 36.7 Å². The third-order valence-electron chi connectivity index (χ3n) is 3.25. The molecule has 4 nitrogen and oxygen atoms in total. The smallest absolute Gasteiger partial charge is 0.0641 e. The molecule has 96 valence electrons. The number of aryl methyl sites for hydroxylation is 3. The maximum Gasteiger partial charge on any atom is 0.0641 e. The summed E-state index contributed by atoms with van der Waals surface area (Å²) in [5.41, 5.74) is 4.99. The summed E-state index contributed by atoms with van der Waals surface area (Å²) in [5, 5.41) is 7.80. The fraction of sp³-hybridized carbons (Fsp3) is 0.429. The van der Waals surface area contributed by atoms with Gasteiger partial charge in [0.25, 0.3) is 0 Å². The summed E-state index contributed by atoms with van der Waals surface area (Å²) in [6.45, 7) is 6.01. The summed E-state index contributed by atoms with van der Waals surface area (Å²) in [5.74, 6) is 0. The second-order valence-electron chi connectivity index (χ2n) is 4.51. The molecule has 0 aromatic carbocycles. The van der Waals surface area contributed by atoms with Crippen molar-refractivity contribution in [2.45, 2.75) is 33.4 Å². The number of hydrogen-bond acceptors (Lipinski definition) is 3. The van der Waals surface area contributed by atoms with E-state index in [9.17, 15) is 0 Å². The summed E-state index contributed by atoms with van der Waals surface area (Å²) in [6.07, 6.45) is 4.66. The van der Waals surface area contributed by atoms with Gasteiger partial charge in [0.1, 0.15) is 0 Å². The van der Waals surface area contributed by atoms with Crippen molar-refractivity contribution in [1.82, 2.24) is 20.1 Å². The number of nitrogens with one attached hydrogen (secondary N) is 1. The van der Waals surface area contributed by atoms with Gasteiger partial charge in [-0.1, -0.05) is 0 Å². The van der Waals surface area contributed by atoms with Crippen molar-refractivity contribution >= 4 is 0 Å². The molecule has 0 unspecified atom stereocenters. The first-order valence-corrected chi connectivity index (χ1v) is 6.28. The van der Waals surface area contributed by atoms with Gasteiger partial charge in [-0.15, -0.1) is 0 Å². The molecule has 4 heteroatoms. The first kappa shape index (κ1) is 12.8. The molecule has 2 heterocycles. The first-order chi connectivity index (χ1) is 8.72. The molecule has 0 aliphatic rings. The van der Waals surface area contributed by atoms with E-state index in [0.29, 0.717) is 0 Å². The Hall–Kier alpha value is -1.68. The van der Waals surface area contributed by atoms with Crippen LogP contribution in [0.2, 0.25) is 0 Å². The second-order valence-corrected chi connectivity index (χ2v) is 4.51. The largest absolute Gasteiger partial charge is 0.316 e. The number of pyridine rings is 1. The Kier molecular flexibility index (Phi) is 4.10. The van der Waals surface area contributed by atoms with Gasteiger partial charge in [0.05, 0.1) is 5.69 Å². The van der Waals surface area contributed by atoms with Crippen molar-refractivity contribution in [2.75, 3.05) is 7.05 Å². The molecule has 2 aromatic heterocycles. The highest BCUT2D eigenvalue weighted by Crippen LogP contribution is 2.13. The fourth-order valence-corrected chi connectivity index (χ4v) is 2.17. The van der Waals surface area contributed by atoms with Crippen LogP contribution >= 0.6 is 0 Å². The Balaban J connectivity index is 2.08. The Labute approximate surface area is 108 Å². The van der Waals surface area contributed by atoms with Crippen molar-refractivity contribution in [3.8, 4) is 0 Å². The highest BCUT2D eigenvalue weighted by Gasteiger charge is 2.10. The lowest BCUT2D eigenvalue weighted by molar-refractivity contribution is 0.592. The van der Waals surface area contributed by atoms with Gasteiger partial charge in [0.15, 0.2) is 0 Å². The van der Waals surface area contributed by atoms with Crippen molar-refractivity contribution in [1.29, 1.82) is 0 Å². The lowest BCUT2D eigenvalue weighted by Gasteiger charge is -2.05. The molecule has 0 bridgehead atoms. The first-order valence-electron chi connectivity index (χ1n) is 6.28. The fourth-order valence-electron chi connectivity index (χ4n) is 2.17. The minimum absolute atomic E-state index is 0.882. The second kappa shape index (κ2) is 5.78. The van der Waals surface area contributed by atoms with Crippen molar-refractivity contribution < 1.29 is 0 Å². The van der Waals surface area contributed by atoms with E-state index in [2.05, 4.69) is 46.1 Å². The zero-order chi connectivity index (χ0) is 13.0. The van der Waals surface area contributed by atoms with Crippen LogP contribution in [0.1, 0.15) is 22.5 Å². The molecule has 0 radical (unpaired) electrons. The maximum absolute atomic E-state index is 4.60. The lowest BCUT2D eigenvalue weighted by atomic mass is 10.2. The van der Waals surface area contributed by atoms with E-state index in [0.717, 1.165) is 25.2 Å². The number of nitrogens with zero attached hydrogens (tertiary/aromatic N) is 3. The molecule has 2 rings (SSSR count). The van der Waals surface area contributed by atoms with Gasteiger partial charge in [-0.05, 0) is 45.0 Å². The molecule has 1 N–H and O–H groups in total. The van der Waals surface area contributed by atoms with E-state index in [4.69, 9.17) is 0 Å². The zero-order valence-electron chi connectivity index (χ0n) is 11.3. The average Bonchev–Trinajstić information content (AvgIpc) is 2.66. The molecule has 0 saturated heterocycles. The summed E-state index contributed by atoms with van der Waals surface area (Å²) in [7, 11) is 1.97. The average molecular weight is 244 g/mol. The van der Waals surface area contributed by atoms with Crippen LogP contribution in [0.4, 0.5) is 0 Å². The molecule has 0 spiro atoms. The molecule has 18 heavy (non-hydrogen) atoms. The van der Waals surface area contributed by atoms with Crippen LogP contribution in [0.5, 0.6) is 0 Å². The summed E-state index contributed by atoms with van der Waals surface area (Å²) in [4.78, 5) is 4.03. The van der Waals surface area contributed by atoms with E-state index >= 15 is 0 Å². The van der Waals surface area contributed by atoms with E-state index < -0.39 is 0 Å². The lowest BCUT2D eigenvalue weighted by Crippen LogP contribution is -2.08. The monoisotopic (exact) mass is 244 g/mol. The normalized spacial score (nSPS) is 10.8. The highest BCUT2D eigenvalue weighted by molar-refractivity contribution is 5.24. The Bertz CT molecular complexity index is 502. The molecular weight excluding hydrogens is 224 g/mol. The third kappa shape index (κ3) is 2.76. The standard InChI is InChI=1S/C14H20N4/c1-11-14(10-15-3)12(2)18(17-11)9-6-13-4-7-16-8-5-13/h4-5,7-8,15H,6,9-10H2,1-3H3. The predicted molar refractivity (Wildman–Crippen MR) is 72.4 cm³/mol. The molecule has 0 atom stereocenters. The Morgan fingerprint density at radius 2 is 1.94 bits per heavy atom. The quantitative estimate of drug-likeness (QED) is 0.873. The van der Waals surface area contributed by atoms with E-state index in [1.165, 1.54) is 16.8 Å². The molecule has 0 saturated carbocycles. The molecule has 2 aromatic rings. The predicted octanol–water partition coefficient (Wildman–Crippen LogP) is 1.86. The van der Waals surface area contributed by atoms with Crippen LogP contribution in [-0.2, 0) is 19.5 Å². The van der Waals surface area contributed by atoms with E-state index in [1.807, 2.05) is 19.4 Å². The third-order valence-corrected chi connectivity index (χ3v) is 3.25. The summed E-state index contributed by atoms with van der Waals surface area (Å²) < 4.78 is 2.10. The van der Waals surface area contributed by atoms with Gasteiger partial charge in [-0.25, -0.2) is 0 Å². The van der Waals surface area contributed by atoms with Gasteiger partial charge < -0.3 is 5.32 Å². The number of aromatic nitrogens is 3. The molecule has 0 aliphatic heterocycles. The summed E-state index contributed by atoms with van der Waals surface area (Å²) in [6, 6.07) is 4.11. The summed E-state index contributed by atoms with van der Waals surface area (Å²) >= 11 is 0. The maximum atomic E-state index is 4.60. The minimum atomic E-state index is 0.882. The minimum Gasteiger partial charge on any atom is -0.316 e. The van der Waals surface area contributed by atoms with Crippen LogP contribution in [0.15, 0.2) is 24.5 Å². The Morgan fingerprint density at radius 3 is 2.61 bits per heavy atom. The Morgan fingerprint density at radius 1 is 1.22 bits per heavy atom. The van der Waals surface area contributed by atoms with Crippen LogP contribution in [-0.4, -0.2) is 21.8 Å². The van der Waals surface area contributed by atoms with E-state index in [-0.39, 0.29) is 0 Å². The van der Waals surface area contributed by atoms with Gasteiger partial charge in [-0.2, -0.15) is 5.10 Å².